The highest BCUT2D eigenvalue weighted by Gasteiger charge is 2.45. The molecule has 2 aromatic rings. The van der Waals surface area contributed by atoms with Gasteiger partial charge in [-0.3, -0.25) is 10.2 Å². The van der Waals surface area contributed by atoms with Gasteiger partial charge in [0.05, 0.1) is 5.69 Å². The number of ether oxygens (including phenoxy) is 1. The zero-order valence-corrected chi connectivity index (χ0v) is 17.6. The number of aliphatic hydroxyl groups excluding tert-OH is 1. The largest absolute Gasteiger partial charge is 0.438 e. The summed E-state index contributed by atoms with van der Waals surface area (Å²) in [5.74, 6) is 0. The molecule has 1 saturated heterocycles. The minimum atomic E-state index is -0.715. The highest BCUT2D eigenvalue weighted by molar-refractivity contribution is 6.30. The molecule has 0 aromatic heterocycles. The van der Waals surface area contributed by atoms with Gasteiger partial charge in [-0.15, -0.1) is 0 Å². The summed E-state index contributed by atoms with van der Waals surface area (Å²) in [5, 5.41) is 14.8. The van der Waals surface area contributed by atoms with Crippen molar-refractivity contribution in [1.82, 2.24) is 4.90 Å². The van der Waals surface area contributed by atoms with E-state index in [1.54, 1.807) is 0 Å². The first-order chi connectivity index (χ1) is 14.6. The lowest BCUT2D eigenvalue weighted by molar-refractivity contribution is -0.0812. The van der Waals surface area contributed by atoms with E-state index < -0.39 is 18.0 Å². The third kappa shape index (κ3) is 3.43. The second-order valence-electron chi connectivity index (χ2n) is 8.36. The monoisotopic (exact) mass is 427 g/mol. The molecule has 3 aliphatic heterocycles. The molecule has 7 heteroatoms. The fourth-order valence-electron chi connectivity index (χ4n) is 5.03. The maximum Gasteiger partial charge on any atom is 0.412 e. The first-order valence-corrected chi connectivity index (χ1v) is 11.0. The molecule has 158 valence electrons. The Bertz CT molecular complexity index is 958. The summed E-state index contributed by atoms with van der Waals surface area (Å²) in [5.41, 5.74) is 3.46. The molecule has 0 aliphatic carbocycles. The van der Waals surface area contributed by atoms with E-state index >= 15 is 0 Å². The van der Waals surface area contributed by atoms with Gasteiger partial charge in [0.2, 0.25) is 0 Å². The summed E-state index contributed by atoms with van der Waals surface area (Å²) in [7, 11) is 0. The number of nitrogens with zero attached hydrogens (tertiary/aromatic N) is 2. The maximum absolute atomic E-state index is 12.1. The van der Waals surface area contributed by atoms with Crippen LogP contribution in [0, 0.1) is 0 Å². The third-order valence-corrected chi connectivity index (χ3v) is 6.83. The first-order valence-electron chi connectivity index (χ1n) is 10.6. The molecule has 30 heavy (non-hydrogen) atoms. The van der Waals surface area contributed by atoms with E-state index in [9.17, 15) is 9.90 Å². The van der Waals surface area contributed by atoms with Crippen LogP contribution in [-0.2, 0) is 16.8 Å². The van der Waals surface area contributed by atoms with Gasteiger partial charge in [-0.2, -0.15) is 0 Å². The molecule has 5 rings (SSSR count). The Hall–Kier alpha value is -2.28. The molecule has 0 radical (unpaired) electrons. The fourth-order valence-corrected chi connectivity index (χ4v) is 5.23. The van der Waals surface area contributed by atoms with Gasteiger partial charge in [0, 0.05) is 48.7 Å². The Kier molecular flexibility index (Phi) is 5.09. The number of likely N-dealkylation sites (tertiary alicyclic amines) is 1. The summed E-state index contributed by atoms with van der Waals surface area (Å²) >= 11 is 6.20. The van der Waals surface area contributed by atoms with E-state index in [0.717, 1.165) is 47.8 Å². The van der Waals surface area contributed by atoms with Crippen LogP contribution in [0.4, 0.5) is 16.2 Å². The fraction of sp³-hybridized carbons (Fsp3) is 0.435. The summed E-state index contributed by atoms with van der Waals surface area (Å²) < 4.78 is 5.82. The van der Waals surface area contributed by atoms with Crippen LogP contribution in [0.2, 0.25) is 5.02 Å². The Labute approximate surface area is 181 Å². The van der Waals surface area contributed by atoms with Crippen LogP contribution < -0.4 is 10.2 Å². The highest BCUT2D eigenvalue weighted by atomic mass is 35.5. The Morgan fingerprint density at radius 1 is 1.10 bits per heavy atom. The Morgan fingerprint density at radius 3 is 2.73 bits per heavy atom. The van der Waals surface area contributed by atoms with Crippen molar-refractivity contribution in [2.45, 2.75) is 44.1 Å². The quantitative estimate of drug-likeness (QED) is 0.747. The van der Waals surface area contributed by atoms with Crippen molar-refractivity contribution in [2.24, 2.45) is 0 Å². The van der Waals surface area contributed by atoms with Crippen molar-refractivity contribution >= 4 is 29.1 Å². The average molecular weight is 428 g/mol. The van der Waals surface area contributed by atoms with Crippen molar-refractivity contribution in [1.29, 1.82) is 0 Å². The molecule has 3 heterocycles. The van der Waals surface area contributed by atoms with Gasteiger partial charge in [0.1, 0.15) is 5.60 Å². The molecule has 1 fully saturated rings. The molecule has 1 amide bonds. The highest BCUT2D eigenvalue weighted by Crippen LogP contribution is 2.44. The topological polar surface area (TPSA) is 65.0 Å². The van der Waals surface area contributed by atoms with Crippen molar-refractivity contribution in [3.05, 3.63) is 58.6 Å². The van der Waals surface area contributed by atoms with E-state index in [-0.39, 0.29) is 0 Å². The molecule has 0 bridgehead atoms. The van der Waals surface area contributed by atoms with Crippen LogP contribution in [0.1, 0.15) is 36.8 Å². The molecule has 2 N–H and O–H groups in total. The van der Waals surface area contributed by atoms with E-state index in [1.807, 2.05) is 42.5 Å². The minimum absolute atomic E-state index is 0.402. The number of halogens is 1. The number of carbonyl (C=O) groups excluding carboxylic acids is 1. The first kappa shape index (κ1) is 19.7. The normalized spacial score (nSPS) is 21.8. The van der Waals surface area contributed by atoms with Gasteiger partial charge in [-0.05, 0) is 49.1 Å². The predicted octanol–water partition coefficient (Wildman–Crippen LogP) is 4.31. The summed E-state index contributed by atoms with van der Waals surface area (Å²) in [6.07, 6.45) is 3.26. The number of hydrogen-bond donors (Lipinski definition) is 2. The van der Waals surface area contributed by atoms with E-state index in [4.69, 9.17) is 16.3 Å². The minimum Gasteiger partial charge on any atom is -0.438 e. The number of aliphatic hydroxyl groups is 1. The lowest BCUT2D eigenvalue weighted by Gasteiger charge is -2.47. The molecule has 1 unspecified atom stereocenters. The summed E-state index contributed by atoms with van der Waals surface area (Å²) in [4.78, 5) is 16.3. The second kappa shape index (κ2) is 7.76. The smallest absolute Gasteiger partial charge is 0.412 e. The van der Waals surface area contributed by atoms with Crippen molar-refractivity contribution < 1.29 is 14.6 Å². The van der Waals surface area contributed by atoms with Crippen LogP contribution in [0.5, 0.6) is 0 Å². The van der Waals surface area contributed by atoms with Gasteiger partial charge < -0.3 is 14.7 Å². The van der Waals surface area contributed by atoms with Crippen LogP contribution in [0.25, 0.3) is 0 Å². The van der Waals surface area contributed by atoms with E-state index in [1.165, 1.54) is 5.56 Å². The molecule has 2 aromatic carbocycles. The number of hydrogen-bond acceptors (Lipinski definition) is 5. The second-order valence-corrected chi connectivity index (χ2v) is 8.80. The number of nitrogens with one attached hydrogen (secondary N) is 1. The van der Waals surface area contributed by atoms with Crippen LogP contribution in [0.3, 0.4) is 0 Å². The summed E-state index contributed by atoms with van der Waals surface area (Å²) in [6.45, 7) is 2.09. The van der Waals surface area contributed by atoms with Gasteiger partial charge in [-0.1, -0.05) is 29.8 Å². The molecule has 6 nitrogen and oxygen atoms in total. The number of rotatable bonds is 2. The van der Waals surface area contributed by atoms with Gasteiger partial charge >= 0.3 is 6.09 Å². The Morgan fingerprint density at radius 2 is 1.90 bits per heavy atom. The number of fused-ring (bicyclic) bond motifs is 3. The number of aryl methyl sites for hydroxylation is 1. The number of anilines is 2. The third-order valence-electron chi connectivity index (χ3n) is 6.60. The molecule has 1 atom stereocenters. The van der Waals surface area contributed by atoms with Crippen LogP contribution in [0.15, 0.2) is 42.5 Å². The van der Waals surface area contributed by atoms with Crippen molar-refractivity contribution in [3.8, 4) is 0 Å². The Balaban J connectivity index is 1.36. The number of carbonyl (C=O) groups is 1. The zero-order valence-electron chi connectivity index (χ0n) is 16.8. The van der Waals surface area contributed by atoms with Crippen molar-refractivity contribution in [3.63, 3.8) is 0 Å². The van der Waals surface area contributed by atoms with Gasteiger partial charge in [0.15, 0.2) is 6.35 Å². The van der Waals surface area contributed by atoms with Gasteiger partial charge in [0.25, 0.3) is 0 Å². The lowest BCUT2D eigenvalue weighted by atomic mass is 9.82. The van der Waals surface area contributed by atoms with Gasteiger partial charge in [-0.25, -0.2) is 4.79 Å². The van der Waals surface area contributed by atoms with E-state index in [0.29, 0.717) is 25.9 Å². The SMILES string of the molecule is O=C1Nc2ccccc2C2(CCN(C(O)N3CCCCc4cc(Cl)ccc43)CC2)O1. The zero-order chi connectivity index (χ0) is 20.7. The van der Waals surface area contributed by atoms with Crippen molar-refractivity contribution in [2.75, 3.05) is 29.9 Å². The average Bonchev–Trinajstić information content (AvgIpc) is 2.95. The standard InChI is InChI=1S/C23H26ClN3O3/c24-17-8-9-20-16(15-17)5-3-4-12-27(20)22(29)26-13-10-23(11-14-26)18-6-1-2-7-19(18)25-21(28)30-23/h1-2,6-9,15,22,29H,3-5,10-14H2,(H,25,28). The molecule has 3 aliphatic rings. The molecular formula is C23H26ClN3O3. The number of amides is 1. The molecule has 0 saturated carbocycles. The lowest BCUT2D eigenvalue weighted by Crippen LogP contribution is -2.55. The van der Waals surface area contributed by atoms with Crippen LogP contribution >= 0.6 is 11.6 Å². The molecule has 1 spiro atoms. The number of piperidine rings is 1. The maximum atomic E-state index is 12.1. The van der Waals surface area contributed by atoms with Crippen LogP contribution in [-0.4, -0.2) is 42.1 Å². The molecular weight excluding hydrogens is 402 g/mol. The summed E-state index contributed by atoms with van der Waals surface area (Å²) in [6, 6.07) is 13.7. The van der Waals surface area contributed by atoms with E-state index in [2.05, 4.69) is 15.1 Å². The predicted molar refractivity (Wildman–Crippen MR) is 117 cm³/mol. The number of para-hydroxylation sites is 1. The number of benzene rings is 2.